The number of hydrogen-bond acceptors (Lipinski definition) is 4. The number of carbonyl (C=O) groups is 3. The van der Waals surface area contributed by atoms with Crippen LogP contribution in [0.2, 0.25) is 0 Å². The van der Waals surface area contributed by atoms with E-state index in [1.807, 2.05) is 0 Å². The third-order valence-corrected chi connectivity index (χ3v) is 6.08. The van der Waals surface area contributed by atoms with E-state index in [0.717, 1.165) is 32.1 Å². The summed E-state index contributed by atoms with van der Waals surface area (Å²) in [4.78, 5) is 42.5. The number of nitrogens with two attached hydrogens (primary N) is 1. The molecule has 2 heterocycles. The average Bonchev–Trinajstić information content (AvgIpc) is 2.79. The average molecular weight is 373 g/mol. The van der Waals surface area contributed by atoms with Crippen LogP contribution in [-0.2, 0) is 9.59 Å². The number of likely N-dealkylation sites (tertiary alicyclic amines) is 1. The zero-order valence-corrected chi connectivity index (χ0v) is 15.7. The first-order valence-corrected chi connectivity index (χ1v) is 9.07. The Morgan fingerprint density at radius 1 is 1.16 bits per heavy atom. The third kappa shape index (κ3) is 3.49. The fourth-order valence-electron chi connectivity index (χ4n) is 4.32. The van der Waals surface area contributed by atoms with Gasteiger partial charge in [-0.1, -0.05) is 19.3 Å². The van der Waals surface area contributed by atoms with Crippen molar-refractivity contribution in [2.24, 2.45) is 11.7 Å². The Balaban J connectivity index is 0.00000225. The summed E-state index contributed by atoms with van der Waals surface area (Å²) >= 11 is 0. The summed E-state index contributed by atoms with van der Waals surface area (Å²) in [6.07, 6.45) is 6.23. The van der Waals surface area contributed by atoms with E-state index in [-0.39, 0.29) is 36.8 Å². The largest absolute Gasteiger partial charge is 0.341 e. The van der Waals surface area contributed by atoms with Crippen molar-refractivity contribution in [3.63, 3.8) is 0 Å². The van der Waals surface area contributed by atoms with E-state index in [1.54, 1.807) is 16.8 Å². The number of imide groups is 1. The monoisotopic (exact) mass is 372 g/mol. The van der Waals surface area contributed by atoms with Crippen molar-refractivity contribution >= 4 is 30.3 Å². The standard InChI is InChI=1S/C17H28N4O3.ClH/c1-19-16(24)21(15(23)17(19)7-3-2-4-8-17)12-14(22)20-9-5-13(11-18)6-10-20;/h13H,2-12,18H2,1H3;1H. The first-order chi connectivity index (χ1) is 11.5. The highest BCUT2D eigenvalue weighted by atomic mass is 35.5. The number of halogens is 1. The predicted octanol–water partition coefficient (Wildman–Crippen LogP) is 1.20. The van der Waals surface area contributed by atoms with Gasteiger partial charge in [-0.25, -0.2) is 4.79 Å². The van der Waals surface area contributed by atoms with Gasteiger partial charge >= 0.3 is 6.03 Å². The summed E-state index contributed by atoms with van der Waals surface area (Å²) in [6.45, 7) is 1.85. The minimum atomic E-state index is -0.706. The molecule has 25 heavy (non-hydrogen) atoms. The highest BCUT2D eigenvalue weighted by Crippen LogP contribution is 2.39. The van der Waals surface area contributed by atoms with Crippen molar-refractivity contribution in [1.29, 1.82) is 0 Å². The molecule has 0 aromatic carbocycles. The van der Waals surface area contributed by atoms with Gasteiger partial charge in [-0.15, -0.1) is 12.4 Å². The highest BCUT2D eigenvalue weighted by Gasteiger charge is 2.56. The molecule has 0 radical (unpaired) electrons. The molecular formula is C17H29ClN4O3. The van der Waals surface area contributed by atoms with Crippen molar-refractivity contribution in [3.8, 4) is 0 Å². The van der Waals surface area contributed by atoms with Gasteiger partial charge in [0, 0.05) is 20.1 Å². The van der Waals surface area contributed by atoms with E-state index in [2.05, 4.69) is 0 Å². The normalized spacial score (nSPS) is 24.0. The second kappa shape index (κ2) is 7.91. The van der Waals surface area contributed by atoms with Crippen LogP contribution in [0, 0.1) is 5.92 Å². The first-order valence-electron chi connectivity index (χ1n) is 9.07. The van der Waals surface area contributed by atoms with Gasteiger partial charge in [0.2, 0.25) is 5.91 Å². The van der Waals surface area contributed by atoms with E-state index in [0.29, 0.717) is 38.4 Å². The Labute approximate surface area is 155 Å². The van der Waals surface area contributed by atoms with E-state index in [9.17, 15) is 14.4 Å². The second-order valence-electron chi connectivity index (χ2n) is 7.38. The van der Waals surface area contributed by atoms with Crippen molar-refractivity contribution in [3.05, 3.63) is 0 Å². The molecule has 142 valence electrons. The SMILES string of the molecule is CN1C(=O)N(CC(=O)N2CCC(CN)CC2)C(=O)C12CCCCC2.Cl. The van der Waals surface area contributed by atoms with Gasteiger partial charge < -0.3 is 15.5 Å². The highest BCUT2D eigenvalue weighted by molar-refractivity contribution is 6.08. The Hall–Kier alpha value is -1.34. The van der Waals surface area contributed by atoms with Crippen LogP contribution in [0.15, 0.2) is 0 Å². The molecule has 0 atom stereocenters. The quantitative estimate of drug-likeness (QED) is 0.754. The third-order valence-electron chi connectivity index (χ3n) is 6.08. The van der Waals surface area contributed by atoms with Crippen molar-refractivity contribution in [1.82, 2.24) is 14.7 Å². The maximum Gasteiger partial charge on any atom is 0.327 e. The number of nitrogens with zero attached hydrogens (tertiary/aromatic N) is 3. The van der Waals surface area contributed by atoms with Crippen LogP contribution in [0.4, 0.5) is 4.79 Å². The molecule has 3 rings (SSSR count). The molecule has 2 aliphatic heterocycles. The van der Waals surface area contributed by atoms with E-state index < -0.39 is 5.54 Å². The summed E-state index contributed by atoms with van der Waals surface area (Å²) in [6, 6.07) is -0.327. The number of rotatable bonds is 3. The van der Waals surface area contributed by atoms with Crippen LogP contribution in [0.1, 0.15) is 44.9 Å². The summed E-state index contributed by atoms with van der Waals surface area (Å²) in [5.41, 5.74) is 4.97. The Morgan fingerprint density at radius 3 is 2.32 bits per heavy atom. The molecule has 1 aliphatic carbocycles. The zero-order chi connectivity index (χ0) is 17.3. The summed E-state index contributed by atoms with van der Waals surface area (Å²) in [5.74, 6) is 0.161. The molecule has 0 aromatic heterocycles. The summed E-state index contributed by atoms with van der Waals surface area (Å²) in [5, 5.41) is 0. The fourth-order valence-corrected chi connectivity index (χ4v) is 4.32. The molecule has 2 saturated heterocycles. The molecule has 2 N–H and O–H groups in total. The smallest absolute Gasteiger partial charge is 0.327 e. The number of amides is 4. The van der Waals surface area contributed by atoms with Crippen LogP contribution >= 0.6 is 12.4 Å². The van der Waals surface area contributed by atoms with E-state index in [1.165, 1.54) is 4.90 Å². The molecule has 0 bridgehead atoms. The van der Waals surface area contributed by atoms with Gasteiger partial charge in [0.05, 0.1) is 0 Å². The Bertz CT molecular complexity index is 528. The van der Waals surface area contributed by atoms with E-state index in [4.69, 9.17) is 5.73 Å². The second-order valence-corrected chi connectivity index (χ2v) is 7.38. The van der Waals surface area contributed by atoms with Crippen LogP contribution in [0.5, 0.6) is 0 Å². The number of urea groups is 1. The van der Waals surface area contributed by atoms with Gasteiger partial charge in [-0.05, 0) is 38.1 Å². The number of likely N-dealkylation sites (N-methyl/N-ethyl adjacent to an activating group) is 1. The Morgan fingerprint density at radius 2 is 1.76 bits per heavy atom. The topological polar surface area (TPSA) is 87.0 Å². The maximum atomic E-state index is 12.9. The lowest BCUT2D eigenvalue weighted by atomic mass is 9.81. The van der Waals surface area contributed by atoms with Crippen LogP contribution in [0.25, 0.3) is 0 Å². The molecule has 3 aliphatic rings. The first kappa shape index (κ1) is 20.0. The van der Waals surface area contributed by atoms with Crippen LogP contribution in [-0.4, -0.2) is 71.3 Å². The molecule has 0 aromatic rings. The molecule has 7 nitrogen and oxygen atoms in total. The molecule has 0 unspecified atom stereocenters. The fraction of sp³-hybridized carbons (Fsp3) is 0.824. The van der Waals surface area contributed by atoms with Crippen LogP contribution in [0.3, 0.4) is 0 Å². The number of carbonyl (C=O) groups excluding carboxylic acids is 3. The van der Waals surface area contributed by atoms with Crippen molar-refractivity contribution in [2.75, 3.05) is 33.2 Å². The van der Waals surface area contributed by atoms with Gasteiger partial charge in [-0.3, -0.25) is 14.5 Å². The lowest BCUT2D eigenvalue weighted by Crippen LogP contribution is -2.50. The number of hydrogen-bond donors (Lipinski definition) is 1. The van der Waals surface area contributed by atoms with Gasteiger partial charge in [0.25, 0.3) is 5.91 Å². The zero-order valence-electron chi connectivity index (χ0n) is 14.9. The lowest BCUT2D eigenvalue weighted by Gasteiger charge is -2.36. The minimum absolute atomic E-state index is 0. The molecule has 3 fully saturated rings. The van der Waals surface area contributed by atoms with Gasteiger partial charge in [-0.2, -0.15) is 0 Å². The van der Waals surface area contributed by atoms with E-state index >= 15 is 0 Å². The molecule has 4 amide bonds. The number of piperidine rings is 1. The van der Waals surface area contributed by atoms with Crippen molar-refractivity contribution < 1.29 is 14.4 Å². The maximum absolute atomic E-state index is 12.9. The molecule has 1 spiro atoms. The predicted molar refractivity (Wildman–Crippen MR) is 96.3 cm³/mol. The van der Waals surface area contributed by atoms with Gasteiger partial charge in [0.1, 0.15) is 12.1 Å². The molecule has 8 heteroatoms. The Kier molecular flexibility index (Phi) is 6.32. The van der Waals surface area contributed by atoms with Gasteiger partial charge in [0.15, 0.2) is 0 Å². The van der Waals surface area contributed by atoms with Crippen LogP contribution < -0.4 is 5.73 Å². The summed E-state index contributed by atoms with van der Waals surface area (Å²) < 4.78 is 0. The molecule has 1 saturated carbocycles. The molecular weight excluding hydrogens is 344 g/mol. The summed E-state index contributed by atoms with van der Waals surface area (Å²) in [7, 11) is 1.70. The minimum Gasteiger partial charge on any atom is -0.341 e. The lowest BCUT2D eigenvalue weighted by molar-refractivity contribution is -0.141. The van der Waals surface area contributed by atoms with Crippen molar-refractivity contribution in [2.45, 2.75) is 50.5 Å².